The van der Waals surface area contributed by atoms with Crippen LogP contribution in [0.5, 0.6) is 0 Å². The number of nitrogens with one attached hydrogen (secondary N) is 2. The molecule has 180 valence electrons. The summed E-state index contributed by atoms with van der Waals surface area (Å²) in [6.45, 7) is 1.17. The van der Waals surface area contributed by atoms with Gasteiger partial charge in [0.1, 0.15) is 12.6 Å². The molecule has 0 radical (unpaired) electrons. The molecule has 3 amide bonds. The van der Waals surface area contributed by atoms with Crippen LogP contribution in [0.1, 0.15) is 29.5 Å². The third kappa shape index (κ3) is 6.93. The maximum Gasteiger partial charge on any atom is 0.408 e. The Hall–Kier alpha value is -4.13. The maximum atomic E-state index is 13.0. The van der Waals surface area contributed by atoms with Crippen molar-refractivity contribution in [2.45, 2.75) is 38.5 Å². The molecule has 1 aliphatic heterocycles. The Morgan fingerprint density at radius 2 is 1.51 bits per heavy atom. The van der Waals surface area contributed by atoms with Crippen molar-refractivity contribution in [1.29, 1.82) is 0 Å². The summed E-state index contributed by atoms with van der Waals surface area (Å²) in [6, 6.07) is 25.7. The first-order valence-corrected chi connectivity index (χ1v) is 11.8. The van der Waals surface area contributed by atoms with Crippen LogP contribution in [0.3, 0.4) is 0 Å². The number of ether oxygens (including phenoxy) is 1. The van der Waals surface area contributed by atoms with E-state index in [9.17, 15) is 14.4 Å². The van der Waals surface area contributed by atoms with Gasteiger partial charge in [0.25, 0.3) is 0 Å². The van der Waals surface area contributed by atoms with Crippen molar-refractivity contribution in [2.24, 2.45) is 0 Å². The molecule has 2 N–H and O–H groups in total. The highest BCUT2D eigenvalue weighted by molar-refractivity contribution is 5.95. The minimum atomic E-state index is -0.790. The van der Waals surface area contributed by atoms with Crippen LogP contribution < -0.4 is 15.5 Å². The van der Waals surface area contributed by atoms with Gasteiger partial charge in [0.05, 0.1) is 0 Å². The van der Waals surface area contributed by atoms with Crippen molar-refractivity contribution >= 4 is 23.6 Å². The second-order valence-corrected chi connectivity index (χ2v) is 8.48. The fourth-order valence-corrected chi connectivity index (χ4v) is 3.99. The minimum absolute atomic E-state index is 0.123. The van der Waals surface area contributed by atoms with Gasteiger partial charge in [-0.1, -0.05) is 72.8 Å². The summed E-state index contributed by atoms with van der Waals surface area (Å²) in [5.41, 5.74) is 3.56. The average Bonchev–Trinajstić information content (AvgIpc) is 3.33. The molecular formula is C28H29N3O4. The van der Waals surface area contributed by atoms with E-state index in [4.69, 9.17) is 4.74 Å². The zero-order chi connectivity index (χ0) is 24.5. The SMILES string of the molecule is O=C(N[C@@H](Cc1ccccc1)C(=O)NCc1ccc(N2CCCC2=O)cc1)OCc1ccccc1. The van der Waals surface area contributed by atoms with E-state index in [2.05, 4.69) is 10.6 Å². The smallest absolute Gasteiger partial charge is 0.408 e. The largest absolute Gasteiger partial charge is 0.445 e. The zero-order valence-electron chi connectivity index (χ0n) is 19.5. The molecule has 0 bridgehead atoms. The number of benzene rings is 3. The average molecular weight is 472 g/mol. The number of nitrogens with zero attached hydrogens (tertiary/aromatic N) is 1. The molecule has 0 unspecified atom stereocenters. The van der Waals surface area contributed by atoms with E-state index in [1.54, 1.807) is 4.90 Å². The Labute approximate surface area is 205 Å². The molecule has 7 heteroatoms. The summed E-state index contributed by atoms with van der Waals surface area (Å²) in [5.74, 6) is -0.163. The van der Waals surface area contributed by atoms with E-state index in [-0.39, 0.29) is 18.4 Å². The predicted octanol–water partition coefficient (Wildman–Crippen LogP) is 3.97. The Kier molecular flexibility index (Phi) is 8.12. The molecule has 1 atom stereocenters. The lowest BCUT2D eigenvalue weighted by Gasteiger charge is -2.19. The third-order valence-electron chi connectivity index (χ3n) is 5.89. The van der Waals surface area contributed by atoms with Gasteiger partial charge in [-0.05, 0) is 35.2 Å². The summed E-state index contributed by atoms with van der Waals surface area (Å²) in [7, 11) is 0. The fraction of sp³-hybridized carbons (Fsp3) is 0.250. The summed E-state index contributed by atoms with van der Waals surface area (Å²) >= 11 is 0. The van der Waals surface area contributed by atoms with Gasteiger partial charge in [0.2, 0.25) is 11.8 Å². The number of hydrogen-bond acceptors (Lipinski definition) is 4. The zero-order valence-corrected chi connectivity index (χ0v) is 19.5. The molecule has 4 rings (SSSR count). The topological polar surface area (TPSA) is 87.7 Å². The minimum Gasteiger partial charge on any atom is -0.445 e. The van der Waals surface area contributed by atoms with Gasteiger partial charge in [-0.3, -0.25) is 9.59 Å². The molecule has 35 heavy (non-hydrogen) atoms. The second kappa shape index (κ2) is 11.8. The number of rotatable bonds is 9. The predicted molar refractivity (Wildman–Crippen MR) is 134 cm³/mol. The Bertz CT molecular complexity index is 1130. The van der Waals surface area contributed by atoms with E-state index in [1.165, 1.54) is 0 Å². The van der Waals surface area contributed by atoms with Crippen LogP contribution in [0.15, 0.2) is 84.9 Å². The van der Waals surface area contributed by atoms with E-state index >= 15 is 0 Å². The first kappa shape index (κ1) is 24.0. The van der Waals surface area contributed by atoms with Gasteiger partial charge in [-0.2, -0.15) is 0 Å². The van der Waals surface area contributed by atoms with Gasteiger partial charge in [-0.25, -0.2) is 4.79 Å². The molecule has 1 heterocycles. The number of alkyl carbamates (subject to hydrolysis) is 1. The number of amides is 3. The quantitative estimate of drug-likeness (QED) is 0.494. The molecular weight excluding hydrogens is 442 g/mol. The van der Waals surface area contributed by atoms with Gasteiger partial charge in [0, 0.05) is 31.6 Å². The summed E-state index contributed by atoms with van der Waals surface area (Å²) in [6.07, 6.45) is 1.15. The Morgan fingerprint density at radius 1 is 0.857 bits per heavy atom. The van der Waals surface area contributed by atoms with E-state index < -0.39 is 12.1 Å². The van der Waals surface area contributed by atoms with Crippen LogP contribution >= 0.6 is 0 Å². The van der Waals surface area contributed by atoms with Crippen LogP contribution in [0, 0.1) is 0 Å². The van der Waals surface area contributed by atoms with Gasteiger partial charge >= 0.3 is 6.09 Å². The maximum absolute atomic E-state index is 13.0. The van der Waals surface area contributed by atoms with Crippen LogP contribution in [0.4, 0.5) is 10.5 Å². The number of hydrogen-bond donors (Lipinski definition) is 2. The number of carbonyl (C=O) groups is 3. The second-order valence-electron chi connectivity index (χ2n) is 8.48. The van der Waals surface area contributed by atoms with Crippen molar-refractivity contribution in [3.8, 4) is 0 Å². The highest BCUT2D eigenvalue weighted by Gasteiger charge is 2.23. The number of anilines is 1. The summed E-state index contributed by atoms with van der Waals surface area (Å²) in [4.78, 5) is 39.2. The lowest BCUT2D eigenvalue weighted by molar-refractivity contribution is -0.123. The van der Waals surface area contributed by atoms with Gasteiger partial charge in [-0.15, -0.1) is 0 Å². The van der Waals surface area contributed by atoms with Crippen molar-refractivity contribution in [3.05, 3.63) is 102 Å². The van der Waals surface area contributed by atoms with Crippen LogP contribution in [-0.4, -0.2) is 30.5 Å². The fourth-order valence-electron chi connectivity index (χ4n) is 3.99. The molecule has 0 spiro atoms. The van der Waals surface area contributed by atoms with Crippen molar-refractivity contribution in [3.63, 3.8) is 0 Å². The highest BCUT2D eigenvalue weighted by atomic mass is 16.5. The Morgan fingerprint density at radius 3 is 2.14 bits per heavy atom. The van der Waals surface area contributed by atoms with Gasteiger partial charge in [0.15, 0.2) is 0 Å². The van der Waals surface area contributed by atoms with Gasteiger partial charge < -0.3 is 20.3 Å². The molecule has 3 aromatic carbocycles. The highest BCUT2D eigenvalue weighted by Crippen LogP contribution is 2.21. The molecule has 1 fully saturated rings. The molecule has 7 nitrogen and oxygen atoms in total. The van der Waals surface area contributed by atoms with Crippen LogP contribution in [-0.2, 0) is 33.9 Å². The number of carbonyl (C=O) groups excluding carboxylic acids is 3. The summed E-state index contributed by atoms with van der Waals surface area (Å²) in [5, 5.41) is 5.61. The third-order valence-corrected chi connectivity index (χ3v) is 5.89. The molecule has 0 aliphatic carbocycles. The van der Waals surface area contributed by atoms with Crippen LogP contribution in [0.25, 0.3) is 0 Å². The van der Waals surface area contributed by atoms with Crippen LogP contribution in [0.2, 0.25) is 0 Å². The molecule has 0 saturated carbocycles. The molecule has 1 aliphatic rings. The Balaban J connectivity index is 1.35. The van der Waals surface area contributed by atoms with Crippen molar-refractivity contribution in [1.82, 2.24) is 10.6 Å². The molecule has 0 aromatic heterocycles. The van der Waals surface area contributed by atoms with Crippen molar-refractivity contribution in [2.75, 3.05) is 11.4 Å². The van der Waals surface area contributed by atoms with E-state index in [1.807, 2.05) is 84.9 Å². The first-order chi connectivity index (χ1) is 17.1. The molecule has 1 saturated heterocycles. The standard InChI is InChI=1S/C28H29N3O4/c32-26-12-7-17-31(26)24-15-13-22(14-16-24)19-29-27(33)25(18-21-8-3-1-4-9-21)30-28(34)35-20-23-10-5-2-6-11-23/h1-6,8-11,13-16,25H,7,12,17-20H2,(H,29,33)(H,30,34)/t25-/m0/s1. The summed E-state index contributed by atoms with van der Waals surface area (Å²) < 4.78 is 5.32. The first-order valence-electron chi connectivity index (χ1n) is 11.8. The van der Waals surface area contributed by atoms with E-state index in [0.717, 1.165) is 35.3 Å². The lowest BCUT2D eigenvalue weighted by Crippen LogP contribution is -2.48. The molecule has 3 aromatic rings. The normalized spacial score (nSPS) is 13.8. The lowest BCUT2D eigenvalue weighted by atomic mass is 10.1. The van der Waals surface area contributed by atoms with E-state index in [0.29, 0.717) is 19.4 Å². The monoisotopic (exact) mass is 471 g/mol. The van der Waals surface area contributed by atoms with Crippen molar-refractivity contribution < 1.29 is 19.1 Å².